The molecule has 0 radical (unpaired) electrons. The van der Waals surface area contributed by atoms with Crippen LogP contribution in [0, 0.1) is 16.6 Å². The quantitative estimate of drug-likeness (QED) is 0.712. The van der Waals surface area contributed by atoms with E-state index in [0.29, 0.717) is 31.9 Å². The Hall–Kier alpha value is -1.58. The first-order valence-electron chi connectivity index (χ1n) is 8.01. The summed E-state index contributed by atoms with van der Waals surface area (Å²) in [6, 6.07) is 6.33. The van der Waals surface area contributed by atoms with Gasteiger partial charge >= 0.3 is 0 Å². The van der Waals surface area contributed by atoms with E-state index in [4.69, 9.17) is 16.6 Å². The minimum atomic E-state index is -2.91. The van der Waals surface area contributed by atoms with Crippen LogP contribution in [-0.2, 0) is 29.5 Å². The SMILES string of the molecule is CN(Cc1ccc(F)cc1)Cn1nc(C[C@H]2CCS(=O)(=O)C2)oc1=S. The molecule has 0 bridgehead atoms. The Morgan fingerprint density at radius 3 is 2.76 bits per heavy atom. The van der Waals surface area contributed by atoms with Crippen molar-refractivity contribution in [2.24, 2.45) is 5.92 Å². The normalized spacial score (nSPS) is 19.6. The van der Waals surface area contributed by atoms with Crippen molar-refractivity contribution in [3.05, 3.63) is 46.4 Å². The molecule has 0 N–H and O–H groups in total. The maximum absolute atomic E-state index is 13.0. The Morgan fingerprint density at radius 1 is 1.40 bits per heavy atom. The van der Waals surface area contributed by atoms with Gasteiger partial charge in [0.15, 0.2) is 9.84 Å². The fourth-order valence-electron chi connectivity index (χ4n) is 2.98. The molecule has 0 saturated carbocycles. The van der Waals surface area contributed by atoms with Crippen LogP contribution in [0.25, 0.3) is 0 Å². The second kappa shape index (κ2) is 7.35. The van der Waals surface area contributed by atoms with Crippen LogP contribution in [0.4, 0.5) is 4.39 Å². The average Bonchev–Trinajstić information content (AvgIpc) is 3.04. The fourth-order valence-corrected chi connectivity index (χ4v) is 5.04. The molecule has 2 heterocycles. The standard InChI is InChI=1S/C16H20FN3O3S2/c1-19(9-12-2-4-14(17)5-3-12)11-20-16(24)23-15(18-20)8-13-6-7-25(21,22)10-13/h2-5,13H,6-11H2,1H3/t13-/m1/s1. The molecular weight excluding hydrogens is 365 g/mol. The minimum Gasteiger partial charge on any atom is -0.414 e. The maximum Gasteiger partial charge on any atom is 0.288 e. The highest BCUT2D eigenvalue weighted by Crippen LogP contribution is 2.22. The predicted octanol–water partition coefficient (Wildman–Crippen LogP) is 2.41. The average molecular weight is 385 g/mol. The molecule has 1 aliphatic rings. The number of nitrogens with zero attached hydrogens (tertiary/aromatic N) is 3. The van der Waals surface area contributed by atoms with E-state index in [1.165, 1.54) is 12.1 Å². The van der Waals surface area contributed by atoms with Crippen molar-refractivity contribution >= 4 is 22.1 Å². The van der Waals surface area contributed by atoms with Crippen LogP contribution in [0.3, 0.4) is 0 Å². The Balaban J connectivity index is 1.60. The molecule has 0 spiro atoms. The van der Waals surface area contributed by atoms with Crippen LogP contribution in [0.15, 0.2) is 28.7 Å². The van der Waals surface area contributed by atoms with Gasteiger partial charge in [0, 0.05) is 13.0 Å². The van der Waals surface area contributed by atoms with Crippen LogP contribution in [0.2, 0.25) is 0 Å². The summed E-state index contributed by atoms with van der Waals surface area (Å²) in [6.45, 7) is 1.05. The second-order valence-corrected chi connectivity index (χ2v) is 9.09. The van der Waals surface area contributed by atoms with Crippen molar-refractivity contribution in [2.45, 2.75) is 26.1 Å². The van der Waals surface area contributed by atoms with Gasteiger partial charge < -0.3 is 4.42 Å². The van der Waals surface area contributed by atoms with Crippen LogP contribution in [-0.4, -0.2) is 41.7 Å². The lowest BCUT2D eigenvalue weighted by atomic mass is 10.1. The molecule has 1 aromatic heterocycles. The maximum atomic E-state index is 13.0. The van der Waals surface area contributed by atoms with Crippen molar-refractivity contribution in [1.82, 2.24) is 14.7 Å². The van der Waals surface area contributed by atoms with Crippen molar-refractivity contribution in [1.29, 1.82) is 0 Å². The van der Waals surface area contributed by atoms with E-state index in [-0.39, 0.29) is 28.1 Å². The number of aromatic nitrogens is 2. The summed E-state index contributed by atoms with van der Waals surface area (Å²) in [4.78, 5) is 2.25. The molecule has 1 aromatic carbocycles. The van der Waals surface area contributed by atoms with E-state index in [2.05, 4.69) is 5.10 Å². The van der Waals surface area contributed by atoms with E-state index in [1.54, 1.807) is 16.8 Å². The third kappa shape index (κ3) is 4.96. The summed E-state index contributed by atoms with van der Waals surface area (Å²) in [5.41, 5.74) is 0.982. The number of halogens is 1. The highest BCUT2D eigenvalue weighted by Gasteiger charge is 2.29. The van der Waals surface area contributed by atoms with Crippen molar-refractivity contribution in [3.8, 4) is 0 Å². The topological polar surface area (TPSA) is 68.3 Å². The molecule has 3 rings (SSSR count). The van der Waals surface area contributed by atoms with Crippen molar-refractivity contribution < 1.29 is 17.2 Å². The van der Waals surface area contributed by atoms with Crippen LogP contribution in [0.1, 0.15) is 17.9 Å². The highest BCUT2D eigenvalue weighted by atomic mass is 32.2. The molecule has 0 amide bonds. The second-order valence-electron chi connectivity index (χ2n) is 6.52. The third-order valence-electron chi connectivity index (χ3n) is 4.18. The summed E-state index contributed by atoms with van der Waals surface area (Å²) in [5.74, 6) is 0.681. The first-order valence-corrected chi connectivity index (χ1v) is 10.2. The molecular formula is C16H20FN3O3S2. The van der Waals surface area contributed by atoms with Gasteiger partial charge in [0.2, 0.25) is 5.89 Å². The lowest BCUT2D eigenvalue weighted by Gasteiger charge is -2.15. The van der Waals surface area contributed by atoms with E-state index < -0.39 is 9.84 Å². The van der Waals surface area contributed by atoms with Gasteiger partial charge in [-0.15, -0.1) is 5.10 Å². The molecule has 1 saturated heterocycles. The summed E-state index contributed by atoms with van der Waals surface area (Å²) < 4.78 is 43.1. The van der Waals surface area contributed by atoms with Gasteiger partial charge in [0.05, 0.1) is 18.2 Å². The first-order chi connectivity index (χ1) is 11.8. The monoisotopic (exact) mass is 385 g/mol. The van der Waals surface area contributed by atoms with Crippen molar-refractivity contribution in [2.75, 3.05) is 18.6 Å². The lowest BCUT2D eigenvalue weighted by molar-refractivity contribution is 0.240. The van der Waals surface area contributed by atoms with E-state index in [0.717, 1.165) is 5.56 Å². The number of rotatable bonds is 6. The molecule has 1 fully saturated rings. The predicted molar refractivity (Wildman–Crippen MR) is 93.7 cm³/mol. The van der Waals surface area contributed by atoms with E-state index >= 15 is 0 Å². The molecule has 9 heteroatoms. The zero-order valence-electron chi connectivity index (χ0n) is 13.9. The van der Waals surface area contributed by atoms with Gasteiger partial charge in [-0.1, -0.05) is 12.1 Å². The van der Waals surface area contributed by atoms with Gasteiger partial charge in [-0.05, 0) is 49.3 Å². The van der Waals surface area contributed by atoms with E-state index in [1.807, 2.05) is 11.9 Å². The minimum absolute atomic E-state index is 0.0449. The van der Waals surface area contributed by atoms with Gasteiger partial charge in [-0.2, -0.15) is 0 Å². The van der Waals surface area contributed by atoms with Gasteiger partial charge in [0.25, 0.3) is 4.84 Å². The first kappa shape index (κ1) is 18.2. The summed E-state index contributed by atoms with van der Waals surface area (Å²) in [7, 11) is -1.01. The zero-order chi connectivity index (χ0) is 18.0. The molecule has 0 aliphatic carbocycles. The molecule has 6 nitrogen and oxygen atoms in total. The summed E-state index contributed by atoms with van der Waals surface area (Å²) in [5, 5.41) is 4.37. The van der Waals surface area contributed by atoms with Gasteiger partial charge in [0.1, 0.15) is 5.82 Å². The molecule has 25 heavy (non-hydrogen) atoms. The number of benzene rings is 1. The summed E-state index contributed by atoms with van der Waals surface area (Å²) >= 11 is 5.20. The summed E-state index contributed by atoms with van der Waals surface area (Å²) in [6.07, 6.45) is 1.12. The van der Waals surface area contributed by atoms with Crippen LogP contribution in [0.5, 0.6) is 0 Å². The number of hydrogen-bond donors (Lipinski definition) is 0. The lowest BCUT2D eigenvalue weighted by Crippen LogP contribution is -2.22. The zero-order valence-corrected chi connectivity index (χ0v) is 15.5. The third-order valence-corrected chi connectivity index (χ3v) is 6.31. The highest BCUT2D eigenvalue weighted by molar-refractivity contribution is 7.91. The Labute approximate surface area is 151 Å². The Morgan fingerprint density at radius 2 is 2.12 bits per heavy atom. The fraction of sp³-hybridized carbons (Fsp3) is 0.500. The Bertz CT molecular complexity index is 890. The van der Waals surface area contributed by atoms with Gasteiger partial charge in [-0.3, -0.25) is 4.90 Å². The van der Waals surface area contributed by atoms with E-state index in [9.17, 15) is 12.8 Å². The largest absolute Gasteiger partial charge is 0.414 e. The molecule has 2 aromatic rings. The van der Waals surface area contributed by atoms with Crippen molar-refractivity contribution in [3.63, 3.8) is 0 Å². The van der Waals surface area contributed by atoms with Gasteiger partial charge in [-0.25, -0.2) is 17.5 Å². The molecule has 0 unspecified atom stereocenters. The molecule has 1 aliphatic heterocycles. The smallest absolute Gasteiger partial charge is 0.288 e. The Kier molecular flexibility index (Phi) is 5.35. The van der Waals surface area contributed by atoms with Crippen LogP contribution < -0.4 is 0 Å². The molecule has 136 valence electrons. The number of sulfone groups is 1. The van der Waals surface area contributed by atoms with Crippen LogP contribution >= 0.6 is 12.2 Å². The number of hydrogen-bond acceptors (Lipinski definition) is 6. The molecule has 1 atom stereocenters.